The van der Waals surface area contributed by atoms with Crippen molar-refractivity contribution in [3.05, 3.63) is 12.2 Å². The Labute approximate surface area is 512 Å². The number of aliphatic hydroxyl groups excluding tert-OH is 11. The zero-order valence-corrected chi connectivity index (χ0v) is 51.3. The van der Waals surface area contributed by atoms with Gasteiger partial charge in [-0.3, -0.25) is 14.4 Å². The summed E-state index contributed by atoms with van der Waals surface area (Å²) in [5.74, 6) is -5.87. The fourth-order valence-electron chi connectivity index (χ4n) is 11.5. The molecule has 0 saturated carbocycles. The van der Waals surface area contributed by atoms with Gasteiger partial charge in [0.25, 0.3) is 0 Å². The zero-order chi connectivity index (χ0) is 62.9. The van der Waals surface area contributed by atoms with Gasteiger partial charge in [0.15, 0.2) is 12.6 Å². The first-order valence-corrected chi connectivity index (χ1v) is 31.8. The van der Waals surface area contributed by atoms with Crippen molar-refractivity contribution in [3.8, 4) is 0 Å². The topological polar surface area (TPSA) is 483 Å². The molecule has 29 nitrogen and oxygen atoms in total. The van der Waals surface area contributed by atoms with Crippen LogP contribution in [0.4, 0.5) is 4.79 Å². The number of hydrogen-bond acceptors (Lipinski definition) is 24. The fraction of sp³-hybridized carbons (Fsp3) is 0.877. The van der Waals surface area contributed by atoms with Crippen molar-refractivity contribution in [3.63, 3.8) is 0 Å². The molecule has 0 bridgehead atoms. The van der Waals surface area contributed by atoms with E-state index in [0.717, 1.165) is 57.6 Å². The molecule has 0 aromatic carbocycles. The number of fused-ring (bicyclic) bond motifs is 1. The summed E-state index contributed by atoms with van der Waals surface area (Å²) in [6, 6.07) is -2.60. The summed E-state index contributed by atoms with van der Waals surface area (Å²) in [7, 11) is 0. The van der Waals surface area contributed by atoms with Gasteiger partial charge < -0.3 is 127 Å². The number of rotatable bonds is 40. The number of carbonyl (C=O) groups excluding carboxylic acids is 5. The van der Waals surface area contributed by atoms with Crippen molar-refractivity contribution in [1.82, 2.24) is 32.7 Å². The van der Waals surface area contributed by atoms with E-state index in [2.05, 4.69) is 33.5 Å². The van der Waals surface area contributed by atoms with E-state index >= 15 is 0 Å². The Morgan fingerprint density at radius 3 is 2.06 bits per heavy atom. The van der Waals surface area contributed by atoms with Crippen LogP contribution < -0.4 is 37.8 Å². The summed E-state index contributed by atoms with van der Waals surface area (Å²) in [6.45, 7) is 0.0704. The minimum atomic E-state index is -3.21. The third-order valence-electron chi connectivity index (χ3n) is 16.4. The first-order valence-electron chi connectivity index (χ1n) is 30.8. The van der Waals surface area contributed by atoms with Gasteiger partial charge in [-0.25, -0.2) is 4.79 Å². The van der Waals surface area contributed by atoms with Gasteiger partial charge in [-0.05, 0) is 38.5 Å². The number of ether oxygens (including phenoxy) is 6. The largest absolute Gasteiger partial charge is 0.544 e. The fourth-order valence-corrected chi connectivity index (χ4v) is 13.0. The van der Waals surface area contributed by atoms with Crippen molar-refractivity contribution >= 4 is 41.5 Å². The van der Waals surface area contributed by atoms with Gasteiger partial charge in [-0.2, -0.15) is 11.8 Å². The Bertz CT molecular complexity index is 2080. The number of nitrogens with one attached hydrogen (secondary N) is 5. The van der Waals surface area contributed by atoms with Crippen LogP contribution in [0.25, 0.3) is 0 Å². The van der Waals surface area contributed by atoms with E-state index in [9.17, 15) is 85.3 Å². The highest BCUT2D eigenvalue weighted by molar-refractivity contribution is 8.00. The highest BCUT2D eigenvalue weighted by Crippen LogP contribution is 2.39. The monoisotopic (exact) mass is 1270 g/mol. The molecule has 20 N–H and O–H groups in total. The van der Waals surface area contributed by atoms with Crippen LogP contribution in [-0.2, 0) is 47.6 Å². The van der Waals surface area contributed by atoms with E-state index in [0.29, 0.717) is 43.9 Å². The number of amides is 5. The SMILES string of the molecule is CCCCCCCCCCCCC/C=C/[C@@H](O)[C@H](CO[C@@H]1O[C@H](CO)[C@@H](O[C@@H]2O[C@H](CO)[C@H](O)[C@H](O[C@]3(C(=O)[O-])C[C@H](O)[C@@H](NC(C)=O)[C@H]([C@H](O)[C@H](O)CO)O3)[C@H]2O)[C@H](O)[C@H]1O)NC(=O)CCCCCNC(=O)CCCC[C@@H]1SC[C@@H]2NC(=O)N[C@@H]21.[NH4+]. The molecule has 21 atom stereocenters. The van der Waals surface area contributed by atoms with E-state index in [1.807, 2.05) is 11.8 Å². The Balaban J connectivity index is 0.0000162. The van der Waals surface area contributed by atoms with Gasteiger partial charge in [0.1, 0.15) is 73.1 Å². The van der Waals surface area contributed by atoms with E-state index in [1.54, 1.807) is 6.08 Å². The molecule has 87 heavy (non-hydrogen) atoms. The number of carbonyl (C=O) groups is 5. The molecular formula is C57H102N6O23S. The maximum absolute atomic E-state index is 13.4. The predicted octanol–water partition coefficient (Wildman–Crippen LogP) is -2.65. The van der Waals surface area contributed by atoms with E-state index in [1.165, 1.54) is 51.0 Å². The molecule has 0 aromatic rings. The van der Waals surface area contributed by atoms with Gasteiger partial charge in [0.05, 0.1) is 62.8 Å². The molecule has 5 amide bonds. The number of aliphatic hydroxyl groups is 11. The summed E-state index contributed by atoms with van der Waals surface area (Å²) in [6.07, 6.45) is -9.02. The standard InChI is InChI=1S/C57H99N5O23S.H3N/c1-3-4-5-6-7-8-9-10-11-12-13-14-16-21-35(67)33(60-42(71)24-17-15-20-25-58-41(70)23-19-18-22-40-43-34(31-86-40)61-56(79)62-43)30-80-53-48(75)47(74)50(39(29-65)82-53)83-54-49(76)52(46(73)38(28-64)81-54)85-57(55(77)78)26-36(68)44(59-32(2)66)51(84-57)45(72)37(69)27-63;/h16,21,33-40,43-54,63-65,67-69,72-76H,3-15,17-20,22-31H2,1-2H3,(H,58,70)(H,59,66)(H,60,71)(H,77,78)(H2,61,62,79);1H3/b21-16+;/t33-,34-,35+,36-,37+,38+,39+,40-,43-,44+,45+,46-,47+,48+,49+,50+,51+,52-,53+,54-,57-;/m0./s1. The van der Waals surface area contributed by atoms with Gasteiger partial charge in [0, 0.05) is 43.7 Å². The van der Waals surface area contributed by atoms with Gasteiger partial charge in [0.2, 0.25) is 23.5 Å². The highest BCUT2D eigenvalue weighted by Gasteiger charge is 2.58. The molecule has 5 aliphatic rings. The Morgan fingerprint density at radius 2 is 1.41 bits per heavy atom. The maximum atomic E-state index is 13.4. The van der Waals surface area contributed by atoms with Crippen LogP contribution in [0.2, 0.25) is 0 Å². The molecule has 5 fully saturated rings. The van der Waals surface area contributed by atoms with Crippen molar-refractivity contribution < 1.29 is 114 Å². The second kappa shape index (κ2) is 39.0. The van der Waals surface area contributed by atoms with Crippen LogP contribution in [0.1, 0.15) is 149 Å². The first-order chi connectivity index (χ1) is 41.2. The van der Waals surface area contributed by atoms with Crippen LogP contribution in [0.3, 0.4) is 0 Å². The van der Waals surface area contributed by atoms with Crippen molar-refractivity contribution in [1.29, 1.82) is 0 Å². The summed E-state index contributed by atoms with van der Waals surface area (Å²) >= 11 is 1.83. The lowest BCUT2D eigenvalue weighted by atomic mass is 9.88. The smallest absolute Gasteiger partial charge is 0.315 e. The lowest BCUT2D eigenvalue weighted by molar-refractivity contribution is -0.411. The second-order valence-corrected chi connectivity index (χ2v) is 24.5. The third kappa shape index (κ3) is 23.0. The Morgan fingerprint density at radius 1 is 0.782 bits per heavy atom. The van der Waals surface area contributed by atoms with Crippen molar-refractivity contribution in [2.24, 2.45) is 0 Å². The second-order valence-electron chi connectivity index (χ2n) is 23.2. The van der Waals surface area contributed by atoms with E-state index < -0.39 is 160 Å². The molecule has 5 heterocycles. The minimum Gasteiger partial charge on any atom is -0.544 e. The molecule has 0 unspecified atom stereocenters. The van der Waals surface area contributed by atoms with Crippen molar-refractivity contribution in [2.45, 2.75) is 276 Å². The quantitative estimate of drug-likeness (QED) is 0.0169. The van der Waals surface area contributed by atoms with Gasteiger partial charge in [-0.1, -0.05) is 96.1 Å². The molecular weight excluding hydrogens is 1170 g/mol. The number of carboxylic acid groups (broad SMARTS) is 1. The molecule has 0 aromatic heterocycles. The number of carboxylic acids is 1. The molecule has 504 valence electrons. The molecule has 0 aliphatic carbocycles. The molecule has 0 radical (unpaired) electrons. The summed E-state index contributed by atoms with van der Waals surface area (Å²) in [4.78, 5) is 62.5. The first kappa shape index (κ1) is 76.0. The molecule has 30 heteroatoms. The Kier molecular flexibility index (Phi) is 34.1. The normalized spacial score (nSPS) is 32.9. The lowest BCUT2D eigenvalue weighted by Gasteiger charge is -2.52. The third-order valence-corrected chi connectivity index (χ3v) is 17.9. The number of hydrogen-bond donors (Lipinski definition) is 17. The van der Waals surface area contributed by atoms with Crippen LogP contribution in [0.15, 0.2) is 12.2 Å². The van der Waals surface area contributed by atoms with Gasteiger partial charge in [-0.15, -0.1) is 0 Å². The van der Waals surface area contributed by atoms with E-state index in [4.69, 9.17) is 28.4 Å². The average Bonchev–Trinajstić information content (AvgIpc) is 1.73. The summed E-state index contributed by atoms with van der Waals surface area (Å²) in [5.41, 5.74) is 0. The number of aliphatic carboxylic acids is 1. The summed E-state index contributed by atoms with van der Waals surface area (Å²) < 4.78 is 34.4. The van der Waals surface area contributed by atoms with Crippen LogP contribution >= 0.6 is 11.8 Å². The average molecular weight is 1270 g/mol. The van der Waals surface area contributed by atoms with Crippen molar-refractivity contribution in [2.75, 3.05) is 38.7 Å². The molecule has 5 saturated heterocycles. The van der Waals surface area contributed by atoms with Crippen LogP contribution in [-0.4, -0.2) is 252 Å². The zero-order valence-electron chi connectivity index (χ0n) is 50.5. The predicted molar refractivity (Wildman–Crippen MR) is 311 cm³/mol. The maximum Gasteiger partial charge on any atom is 0.315 e. The van der Waals surface area contributed by atoms with Gasteiger partial charge >= 0.3 is 6.03 Å². The van der Waals surface area contributed by atoms with E-state index in [-0.39, 0.29) is 36.6 Å². The minimum absolute atomic E-state index is 0. The number of thioether (sulfide) groups is 1. The lowest BCUT2D eigenvalue weighted by Crippen LogP contribution is -2.72. The number of urea groups is 1. The Hall–Kier alpha value is -3.48. The summed E-state index contributed by atoms with van der Waals surface area (Å²) in [5, 5.41) is 147. The number of allylic oxidation sites excluding steroid dienone is 1. The van der Waals surface area contributed by atoms with Crippen LogP contribution in [0.5, 0.6) is 0 Å². The number of unbranched alkanes of at least 4 members (excludes halogenated alkanes) is 14. The molecule has 0 spiro atoms. The number of quaternary nitrogens is 1. The molecule has 5 rings (SSSR count). The van der Waals surface area contributed by atoms with Crippen LogP contribution in [0, 0.1) is 0 Å². The molecule has 5 aliphatic heterocycles. The highest BCUT2D eigenvalue weighted by atomic mass is 32.2.